The summed E-state index contributed by atoms with van der Waals surface area (Å²) in [5, 5.41) is 4.97. The monoisotopic (exact) mass is 272 g/mol. The summed E-state index contributed by atoms with van der Waals surface area (Å²) in [4.78, 5) is 0. The Morgan fingerprint density at radius 2 is 2.12 bits per heavy atom. The Kier molecular flexibility index (Phi) is 4.69. The predicted octanol–water partition coefficient (Wildman–Crippen LogP) is 3.01. The Hall–Kier alpha value is -0.280. The van der Waals surface area contributed by atoms with Gasteiger partial charge in [-0.25, -0.2) is 0 Å². The van der Waals surface area contributed by atoms with Gasteiger partial charge in [0.15, 0.2) is 0 Å². The lowest BCUT2D eigenvalue weighted by Crippen LogP contribution is -2.30. The third-order valence-corrected chi connectivity index (χ3v) is 3.90. The second-order valence-electron chi connectivity index (χ2n) is 4.71. The van der Waals surface area contributed by atoms with Crippen LogP contribution in [0.2, 0.25) is 10.0 Å². The Balaban J connectivity index is 1.78. The Labute approximate surface area is 112 Å². The van der Waals surface area contributed by atoms with Crippen LogP contribution in [0.25, 0.3) is 0 Å². The molecule has 1 aliphatic rings. The first-order valence-electron chi connectivity index (χ1n) is 6.08. The zero-order valence-corrected chi connectivity index (χ0v) is 11.3. The van der Waals surface area contributed by atoms with Crippen LogP contribution >= 0.6 is 23.2 Å². The minimum absolute atomic E-state index is 0.381. The van der Waals surface area contributed by atoms with Crippen LogP contribution in [-0.2, 0) is 6.42 Å². The first kappa shape index (κ1) is 13.2. The molecular weight excluding hydrogens is 255 g/mol. The molecule has 1 saturated carbocycles. The highest BCUT2D eigenvalue weighted by atomic mass is 35.5. The molecular formula is C13H18Cl2N2. The molecule has 0 saturated heterocycles. The van der Waals surface area contributed by atoms with E-state index >= 15 is 0 Å². The van der Waals surface area contributed by atoms with Crippen LogP contribution in [-0.4, -0.2) is 18.6 Å². The second kappa shape index (κ2) is 6.05. The number of hydrogen-bond donors (Lipinski definition) is 2. The standard InChI is InChI=1S/C13H18Cl2N2/c14-10-2-1-9(13(15)7-10)5-6-17-12-4-3-11(16)8-12/h1-2,7,11-12,17H,3-6,8,16H2. The van der Waals surface area contributed by atoms with Crippen molar-refractivity contribution in [2.24, 2.45) is 5.73 Å². The molecule has 1 aromatic carbocycles. The van der Waals surface area contributed by atoms with Crippen molar-refractivity contribution in [3.05, 3.63) is 33.8 Å². The topological polar surface area (TPSA) is 38.0 Å². The Bertz CT molecular complexity index is 382. The Morgan fingerprint density at radius 1 is 1.29 bits per heavy atom. The highest BCUT2D eigenvalue weighted by Crippen LogP contribution is 2.21. The molecule has 0 aliphatic heterocycles. The van der Waals surface area contributed by atoms with Crippen molar-refractivity contribution in [1.82, 2.24) is 5.32 Å². The SMILES string of the molecule is NC1CCC(NCCc2ccc(Cl)cc2Cl)C1. The van der Waals surface area contributed by atoms with Crippen LogP contribution in [0.5, 0.6) is 0 Å². The van der Waals surface area contributed by atoms with Gasteiger partial charge >= 0.3 is 0 Å². The Morgan fingerprint density at radius 3 is 2.76 bits per heavy atom. The normalized spacial score (nSPS) is 24.2. The van der Waals surface area contributed by atoms with Gasteiger partial charge in [0.1, 0.15) is 0 Å². The third kappa shape index (κ3) is 3.85. The number of rotatable bonds is 4. The summed E-state index contributed by atoms with van der Waals surface area (Å²) in [7, 11) is 0. The van der Waals surface area contributed by atoms with Crippen LogP contribution < -0.4 is 11.1 Å². The average molecular weight is 273 g/mol. The number of nitrogens with two attached hydrogens (primary N) is 1. The van der Waals surface area contributed by atoms with E-state index in [9.17, 15) is 0 Å². The van der Waals surface area contributed by atoms with E-state index < -0.39 is 0 Å². The number of benzene rings is 1. The van der Waals surface area contributed by atoms with Gasteiger partial charge in [-0.05, 0) is 49.9 Å². The molecule has 4 heteroatoms. The van der Waals surface area contributed by atoms with Gasteiger partial charge in [-0.15, -0.1) is 0 Å². The van der Waals surface area contributed by atoms with Crippen LogP contribution in [0.1, 0.15) is 24.8 Å². The van der Waals surface area contributed by atoms with E-state index in [2.05, 4.69) is 5.32 Å². The molecule has 2 unspecified atom stereocenters. The largest absolute Gasteiger partial charge is 0.328 e. The molecule has 94 valence electrons. The summed E-state index contributed by atoms with van der Waals surface area (Å²) in [5.41, 5.74) is 7.02. The van der Waals surface area contributed by atoms with Gasteiger partial charge in [0.05, 0.1) is 0 Å². The van der Waals surface area contributed by atoms with E-state index in [-0.39, 0.29) is 0 Å². The molecule has 2 nitrogen and oxygen atoms in total. The first-order valence-corrected chi connectivity index (χ1v) is 6.83. The van der Waals surface area contributed by atoms with Crippen molar-refractivity contribution in [2.45, 2.75) is 37.8 Å². The third-order valence-electron chi connectivity index (χ3n) is 3.32. The molecule has 0 heterocycles. The van der Waals surface area contributed by atoms with Gasteiger partial charge in [0.25, 0.3) is 0 Å². The van der Waals surface area contributed by atoms with Crippen molar-refractivity contribution < 1.29 is 0 Å². The minimum Gasteiger partial charge on any atom is -0.328 e. The fourth-order valence-electron chi connectivity index (χ4n) is 2.34. The van der Waals surface area contributed by atoms with Crippen molar-refractivity contribution in [3.8, 4) is 0 Å². The molecule has 2 rings (SSSR count). The van der Waals surface area contributed by atoms with Crippen molar-refractivity contribution in [2.75, 3.05) is 6.54 Å². The van der Waals surface area contributed by atoms with Crippen LogP contribution in [0.3, 0.4) is 0 Å². The molecule has 1 aromatic rings. The average Bonchev–Trinajstić information content (AvgIpc) is 2.68. The van der Waals surface area contributed by atoms with Crippen LogP contribution in [0.15, 0.2) is 18.2 Å². The highest BCUT2D eigenvalue weighted by Gasteiger charge is 2.20. The molecule has 1 fully saturated rings. The summed E-state index contributed by atoms with van der Waals surface area (Å²) in [6.07, 6.45) is 4.35. The predicted molar refractivity (Wildman–Crippen MR) is 73.8 cm³/mol. The van der Waals surface area contributed by atoms with Gasteiger partial charge in [-0.1, -0.05) is 29.3 Å². The maximum atomic E-state index is 6.12. The van der Waals surface area contributed by atoms with Crippen molar-refractivity contribution in [3.63, 3.8) is 0 Å². The van der Waals surface area contributed by atoms with Gasteiger partial charge in [0, 0.05) is 22.1 Å². The maximum Gasteiger partial charge on any atom is 0.0453 e. The van der Waals surface area contributed by atoms with E-state index in [1.165, 1.54) is 6.42 Å². The quantitative estimate of drug-likeness (QED) is 0.885. The lowest BCUT2D eigenvalue weighted by Gasteiger charge is -2.12. The highest BCUT2D eigenvalue weighted by molar-refractivity contribution is 6.35. The summed E-state index contributed by atoms with van der Waals surface area (Å²) in [6.45, 7) is 0.943. The number of hydrogen-bond acceptors (Lipinski definition) is 2. The second-order valence-corrected chi connectivity index (χ2v) is 5.55. The van der Waals surface area contributed by atoms with Gasteiger partial charge in [-0.3, -0.25) is 0 Å². The smallest absolute Gasteiger partial charge is 0.0453 e. The van der Waals surface area contributed by atoms with E-state index in [1.807, 2.05) is 12.1 Å². The van der Waals surface area contributed by atoms with Crippen molar-refractivity contribution in [1.29, 1.82) is 0 Å². The van der Waals surface area contributed by atoms with E-state index in [1.54, 1.807) is 6.07 Å². The number of halogens is 2. The molecule has 0 radical (unpaired) electrons. The summed E-state index contributed by atoms with van der Waals surface area (Å²) >= 11 is 12.0. The van der Waals surface area contributed by atoms with Gasteiger partial charge < -0.3 is 11.1 Å². The summed E-state index contributed by atoms with van der Waals surface area (Å²) < 4.78 is 0. The summed E-state index contributed by atoms with van der Waals surface area (Å²) in [5.74, 6) is 0. The van der Waals surface area contributed by atoms with Crippen molar-refractivity contribution >= 4 is 23.2 Å². The lowest BCUT2D eigenvalue weighted by atomic mass is 10.1. The fraction of sp³-hybridized carbons (Fsp3) is 0.538. The summed E-state index contributed by atoms with van der Waals surface area (Å²) in [6, 6.07) is 6.63. The molecule has 1 aliphatic carbocycles. The molecule has 3 N–H and O–H groups in total. The minimum atomic E-state index is 0.381. The zero-order valence-electron chi connectivity index (χ0n) is 9.76. The van der Waals surface area contributed by atoms with Gasteiger partial charge in [-0.2, -0.15) is 0 Å². The molecule has 2 atom stereocenters. The maximum absolute atomic E-state index is 6.12. The molecule has 0 aromatic heterocycles. The fourth-order valence-corrected chi connectivity index (χ4v) is 2.84. The van der Waals surface area contributed by atoms with Crippen LogP contribution in [0, 0.1) is 0 Å². The zero-order chi connectivity index (χ0) is 12.3. The van der Waals surface area contributed by atoms with E-state index in [0.29, 0.717) is 17.1 Å². The molecule has 0 bridgehead atoms. The lowest BCUT2D eigenvalue weighted by molar-refractivity contribution is 0.520. The van der Waals surface area contributed by atoms with E-state index in [4.69, 9.17) is 28.9 Å². The van der Waals surface area contributed by atoms with E-state index in [0.717, 1.165) is 36.4 Å². The molecule has 0 spiro atoms. The number of nitrogens with one attached hydrogen (secondary N) is 1. The van der Waals surface area contributed by atoms with Crippen LogP contribution in [0.4, 0.5) is 0 Å². The first-order chi connectivity index (χ1) is 8.15. The molecule has 0 amide bonds. The molecule has 17 heavy (non-hydrogen) atoms. The van der Waals surface area contributed by atoms with Gasteiger partial charge in [0.2, 0.25) is 0 Å².